The number of nitrogens with two attached hydrogens (primary N) is 3. The lowest BCUT2D eigenvalue weighted by Crippen LogP contribution is -2.47. The van der Waals surface area contributed by atoms with Gasteiger partial charge in [-0.1, -0.05) is 0 Å². The van der Waals surface area contributed by atoms with Gasteiger partial charge in [-0.25, -0.2) is 4.79 Å². The third-order valence-corrected chi connectivity index (χ3v) is 2.66. The van der Waals surface area contributed by atoms with E-state index >= 15 is 0 Å². The van der Waals surface area contributed by atoms with Crippen LogP contribution in [0.15, 0.2) is 4.99 Å². The normalized spacial score (nSPS) is 11.0. The number of carboxylic acid groups (broad SMARTS) is 1. The molecule has 0 radical (unpaired) electrons. The Labute approximate surface area is 138 Å². The maximum absolute atomic E-state index is 11.6. The minimum atomic E-state index is -1.21. The molecule has 0 bridgehead atoms. The average Bonchev–Trinajstić information content (AvgIpc) is 2.52. The van der Waals surface area contributed by atoms with Gasteiger partial charge in [0, 0.05) is 6.54 Å². The number of hydrogen-bond acceptors (Lipinski definition) is 6. The SMILES string of the molecule is NCC(=O)NCC(=O)NCC(=O)NC(CCCN=C(N)N)C(=O)O. The molecule has 0 aliphatic heterocycles. The van der Waals surface area contributed by atoms with Crippen molar-refractivity contribution >= 4 is 29.7 Å². The number of aliphatic carboxylic acids is 1. The number of amides is 3. The van der Waals surface area contributed by atoms with Crippen LogP contribution in [-0.4, -0.2) is 67.0 Å². The lowest BCUT2D eigenvalue weighted by molar-refractivity contribution is -0.142. The van der Waals surface area contributed by atoms with Crippen molar-refractivity contribution in [3.05, 3.63) is 0 Å². The molecule has 0 spiro atoms. The molecule has 1 unspecified atom stereocenters. The summed E-state index contributed by atoms with van der Waals surface area (Å²) in [6, 6.07) is -1.12. The van der Waals surface area contributed by atoms with Gasteiger partial charge in [0.15, 0.2) is 5.96 Å². The van der Waals surface area contributed by atoms with Crippen molar-refractivity contribution in [3.63, 3.8) is 0 Å². The number of aliphatic imine (C=N–C) groups is 1. The highest BCUT2D eigenvalue weighted by Gasteiger charge is 2.19. The van der Waals surface area contributed by atoms with Gasteiger partial charge in [0.2, 0.25) is 17.7 Å². The molecular weight excluding hydrogens is 322 g/mol. The molecule has 12 heteroatoms. The third-order valence-electron chi connectivity index (χ3n) is 2.66. The second-order valence-corrected chi connectivity index (χ2v) is 4.66. The number of carboxylic acids is 1. The summed E-state index contributed by atoms with van der Waals surface area (Å²) < 4.78 is 0. The summed E-state index contributed by atoms with van der Waals surface area (Å²) in [5.41, 5.74) is 15.3. The summed E-state index contributed by atoms with van der Waals surface area (Å²) >= 11 is 0. The molecule has 1 atom stereocenters. The maximum atomic E-state index is 11.6. The van der Waals surface area contributed by atoms with Crippen LogP contribution < -0.4 is 33.2 Å². The molecule has 12 nitrogen and oxygen atoms in total. The first-order valence-corrected chi connectivity index (χ1v) is 7.07. The zero-order chi connectivity index (χ0) is 18.5. The highest BCUT2D eigenvalue weighted by molar-refractivity contribution is 5.90. The van der Waals surface area contributed by atoms with Crippen LogP contribution in [0.25, 0.3) is 0 Å². The van der Waals surface area contributed by atoms with Crippen molar-refractivity contribution in [1.29, 1.82) is 0 Å². The molecule has 0 aromatic rings. The first-order chi connectivity index (χ1) is 11.3. The molecule has 10 N–H and O–H groups in total. The maximum Gasteiger partial charge on any atom is 0.326 e. The van der Waals surface area contributed by atoms with Crippen LogP contribution in [0, 0.1) is 0 Å². The molecular formula is C12H23N7O5. The smallest absolute Gasteiger partial charge is 0.326 e. The van der Waals surface area contributed by atoms with E-state index in [1.165, 1.54) is 0 Å². The number of hydrogen-bond donors (Lipinski definition) is 7. The largest absolute Gasteiger partial charge is 0.480 e. The Morgan fingerprint density at radius 1 is 1.00 bits per heavy atom. The zero-order valence-corrected chi connectivity index (χ0v) is 13.1. The van der Waals surface area contributed by atoms with Crippen LogP contribution >= 0.6 is 0 Å². The van der Waals surface area contributed by atoms with E-state index in [1.54, 1.807) is 0 Å². The summed E-state index contributed by atoms with van der Waals surface area (Å²) in [5.74, 6) is -3.11. The van der Waals surface area contributed by atoms with Crippen molar-refractivity contribution in [2.24, 2.45) is 22.2 Å². The van der Waals surface area contributed by atoms with Gasteiger partial charge in [-0.15, -0.1) is 0 Å². The van der Waals surface area contributed by atoms with Crippen molar-refractivity contribution in [3.8, 4) is 0 Å². The molecule has 24 heavy (non-hydrogen) atoms. The fraction of sp³-hybridized carbons (Fsp3) is 0.583. The van der Waals surface area contributed by atoms with Crippen LogP contribution in [0.5, 0.6) is 0 Å². The molecule has 0 aromatic carbocycles. The van der Waals surface area contributed by atoms with E-state index < -0.39 is 36.3 Å². The monoisotopic (exact) mass is 345 g/mol. The second kappa shape index (κ2) is 11.6. The Hall–Kier alpha value is -2.89. The Kier molecular flexibility index (Phi) is 10.2. The molecule has 0 saturated carbocycles. The van der Waals surface area contributed by atoms with Crippen LogP contribution in [0.2, 0.25) is 0 Å². The van der Waals surface area contributed by atoms with E-state index in [2.05, 4.69) is 20.9 Å². The summed E-state index contributed by atoms with van der Waals surface area (Å²) in [4.78, 5) is 48.6. The molecule has 0 aliphatic rings. The quantitative estimate of drug-likeness (QED) is 0.110. The fourth-order valence-corrected chi connectivity index (χ4v) is 1.50. The Bertz CT molecular complexity index is 490. The van der Waals surface area contributed by atoms with Gasteiger partial charge < -0.3 is 38.3 Å². The van der Waals surface area contributed by atoms with Gasteiger partial charge >= 0.3 is 5.97 Å². The standard InChI is InChI=1S/C12H23N7O5/c13-4-8(20)17-5-9(21)18-6-10(22)19-7(11(23)24)2-1-3-16-12(14)15/h7H,1-6,13H2,(H,17,20)(H,18,21)(H,19,22)(H,23,24)(H4,14,15,16). The molecule has 0 aromatic heterocycles. The minimum absolute atomic E-state index is 0.102. The van der Waals surface area contributed by atoms with E-state index in [0.29, 0.717) is 6.42 Å². The first kappa shape index (κ1) is 21.1. The summed E-state index contributed by atoms with van der Waals surface area (Å²) in [6.07, 6.45) is 0.477. The molecule has 0 saturated heterocycles. The van der Waals surface area contributed by atoms with Gasteiger partial charge in [-0.2, -0.15) is 0 Å². The number of guanidine groups is 1. The number of carbonyl (C=O) groups excluding carboxylic acids is 3. The lowest BCUT2D eigenvalue weighted by Gasteiger charge is -2.14. The van der Waals surface area contributed by atoms with Crippen molar-refractivity contribution < 1.29 is 24.3 Å². The van der Waals surface area contributed by atoms with Crippen molar-refractivity contribution in [2.75, 3.05) is 26.2 Å². The minimum Gasteiger partial charge on any atom is -0.480 e. The fourth-order valence-electron chi connectivity index (χ4n) is 1.50. The van der Waals surface area contributed by atoms with Gasteiger partial charge in [0.05, 0.1) is 19.6 Å². The Morgan fingerprint density at radius 3 is 2.12 bits per heavy atom. The van der Waals surface area contributed by atoms with Gasteiger partial charge in [-0.05, 0) is 12.8 Å². The predicted molar refractivity (Wildman–Crippen MR) is 84.6 cm³/mol. The van der Waals surface area contributed by atoms with E-state index in [4.69, 9.17) is 22.3 Å². The predicted octanol–water partition coefficient (Wildman–Crippen LogP) is -4.20. The van der Waals surface area contributed by atoms with Crippen LogP contribution in [0.1, 0.15) is 12.8 Å². The lowest BCUT2D eigenvalue weighted by atomic mass is 10.1. The number of carbonyl (C=O) groups is 4. The van der Waals surface area contributed by atoms with E-state index in [9.17, 15) is 19.2 Å². The Balaban J connectivity index is 4.14. The number of rotatable bonds is 11. The summed E-state index contributed by atoms with van der Waals surface area (Å²) in [5, 5.41) is 15.8. The van der Waals surface area contributed by atoms with Crippen LogP contribution in [0.3, 0.4) is 0 Å². The first-order valence-electron chi connectivity index (χ1n) is 7.07. The Morgan fingerprint density at radius 2 is 1.58 bits per heavy atom. The van der Waals surface area contributed by atoms with Gasteiger partial charge in [-0.3, -0.25) is 19.4 Å². The molecule has 136 valence electrons. The van der Waals surface area contributed by atoms with Gasteiger partial charge in [0.1, 0.15) is 6.04 Å². The van der Waals surface area contributed by atoms with Crippen LogP contribution in [-0.2, 0) is 19.2 Å². The summed E-state index contributed by atoms with van der Waals surface area (Å²) in [7, 11) is 0. The molecule has 0 rings (SSSR count). The molecule has 0 fully saturated rings. The number of nitrogens with one attached hydrogen (secondary N) is 3. The van der Waals surface area contributed by atoms with Crippen molar-refractivity contribution in [2.45, 2.75) is 18.9 Å². The zero-order valence-electron chi connectivity index (χ0n) is 13.1. The number of nitrogens with zero attached hydrogens (tertiary/aromatic N) is 1. The topological polar surface area (TPSA) is 215 Å². The van der Waals surface area contributed by atoms with E-state index in [1.807, 2.05) is 0 Å². The molecule has 3 amide bonds. The third kappa shape index (κ3) is 10.8. The highest BCUT2D eigenvalue weighted by Crippen LogP contribution is 1.98. The van der Waals surface area contributed by atoms with E-state index in [0.717, 1.165) is 0 Å². The van der Waals surface area contributed by atoms with Crippen LogP contribution in [0.4, 0.5) is 0 Å². The molecule has 0 aliphatic carbocycles. The second-order valence-electron chi connectivity index (χ2n) is 4.66. The molecule has 0 heterocycles. The van der Waals surface area contributed by atoms with Gasteiger partial charge in [0.25, 0.3) is 0 Å². The van der Waals surface area contributed by atoms with Crippen molar-refractivity contribution in [1.82, 2.24) is 16.0 Å². The highest BCUT2D eigenvalue weighted by atomic mass is 16.4. The van der Waals surface area contributed by atoms with E-state index in [-0.39, 0.29) is 32.0 Å². The average molecular weight is 345 g/mol. The summed E-state index contributed by atoms with van der Waals surface area (Å²) in [6.45, 7) is -0.771.